The Bertz CT molecular complexity index is 1030. The maximum atomic E-state index is 12.8. The smallest absolute Gasteiger partial charge is 0.243 e. The van der Waals surface area contributed by atoms with Gasteiger partial charge in [0.1, 0.15) is 0 Å². The predicted octanol–water partition coefficient (Wildman–Crippen LogP) is 1.96. The molecule has 3 N–H and O–H groups in total. The fourth-order valence-corrected chi connectivity index (χ4v) is 4.38. The average molecular weight is 429 g/mol. The van der Waals surface area contributed by atoms with Gasteiger partial charge >= 0.3 is 0 Å². The number of aliphatic hydroxyl groups is 1. The zero-order chi connectivity index (χ0) is 21.4. The standard InChI is InChI=1S/C21H24N4O4S/c22-15-17-2-1-3-18(14-17)16-29-24-20-8-11-25(12-9-20)30(27,28)21-6-4-19(5-7-21)23-10-13-26/h1-8,14,23-24,26H,9-13,16H2. The van der Waals surface area contributed by atoms with E-state index in [-0.39, 0.29) is 18.0 Å². The van der Waals surface area contributed by atoms with E-state index < -0.39 is 10.0 Å². The summed E-state index contributed by atoms with van der Waals surface area (Å²) in [7, 11) is -3.58. The number of benzene rings is 2. The van der Waals surface area contributed by atoms with Crippen molar-refractivity contribution in [3.05, 3.63) is 71.4 Å². The van der Waals surface area contributed by atoms with Crippen LogP contribution in [-0.2, 0) is 21.5 Å². The second-order valence-electron chi connectivity index (χ2n) is 6.72. The van der Waals surface area contributed by atoms with Crippen molar-refractivity contribution in [2.24, 2.45) is 0 Å². The maximum absolute atomic E-state index is 12.8. The van der Waals surface area contributed by atoms with Crippen LogP contribution < -0.4 is 10.8 Å². The van der Waals surface area contributed by atoms with Gasteiger partial charge in [0.25, 0.3) is 0 Å². The fourth-order valence-electron chi connectivity index (χ4n) is 3.00. The number of aliphatic hydroxyl groups excluding tert-OH is 1. The molecule has 0 aliphatic carbocycles. The Hall–Kier alpha value is -2.90. The summed E-state index contributed by atoms with van der Waals surface area (Å²) in [6.07, 6.45) is 2.30. The first-order valence-electron chi connectivity index (χ1n) is 9.54. The minimum absolute atomic E-state index is 0.00645. The van der Waals surface area contributed by atoms with Crippen LogP contribution in [0.25, 0.3) is 0 Å². The van der Waals surface area contributed by atoms with Crippen LogP contribution in [-0.4, -0.2) is 44.1 Å². The van der Waals surface area contributed by atoms with Crippen LogP contribution in [0, 0.1) is 11.3 Å². The number of sulfonamides is 1. The molecule has 1 aliphatic rings. The Morgan fingerprint density at radius 3 is 2.67 bits per heavy atom. The Morgan fingerprint density at radius 2 is 2.00 bits per heavy atom. The molecule has 0 fully saturated rings. The Morgan fingerprint density at radius 1 is 1.20 bits per heavy atom. The summed E-state index contributed by atoms with van der Waals surface area (Å²) in [6, 6.07) is 15.7. The lowest BCUT2D eigenvalue weighted by atomic mass is 10.1. The second kappa shape index (κ2) is 10.2. The highest BCUT2D eigenvalue weighted by molar-refractivity contribution is 7.89. The van der Waals surface area contributed by atoms with Gasteiger partial charge in [0, 0.05) is 37.4 Å². The molecule has 0 aromatic heterocycles. The normalized spacial score (nSPS) is 14.6. The molecule has 1 heterocycles. The topological polar surface area (TPSA) is 115 Å². The number of nitrogens with one attached hydrogen (secondary N) is 2. The molecule has 1 aliphatic heterocycles. The molecular formula is C21H24N4O4S. The molecule has 0 bridgehead atoms. The number of hydrogen-bond acceptors (Lipinski definition) is 7. The molecule has 2 aromatic rings. The first kappa shape index (κ1) is 21.8. The van der Waals surface area contributed by atoms with Crippen molar-refractivity contribution in [2.45, 2.75) is 17.9 Å². The van der Waals surface area contributed by atoms with E-state index in [2.05, 4.69) is 16.9 Å². The van der Waals surface area contributed by atoms with Crippen LogP contribution in [0.1, 0.15) is 17.5 Å². The van der Waals surface area contributed by atoms with Crippen LogP contribution in [0.3, 0.4) is 0 Å². The van der Waals surface area contributed by atoms with Crippen molar-refractivity contribution in [2.75, 3.05) is 31.6 Å². The van der Waals surface area contributed by atoms with Crippen LogP contribution in [0.2, 0.25) is 0 Å². The summed E-state index contributed by atoms with van der Waals surface area (Å²) >= 11 is 0. The van der Waals surface area contributed by atoms with E-state index in [1.54, 1.807) is 48.5 Å². The molecule has 9 heteroatoms. The fraction of sp³-hybridized carbons (Fsp3) is 0.286. The molecule has 158 valence electrons. The van der Waals surface area contributed by atoms with Gasteiger partial charge in [-0.3, -0.25) is 10.3 Å². The number of anilines is 1. The Labute approximate surface area is 176 Å². The lowest BCUT2D eigenvalue weighted by Gasteiger charge is -2.26. The van der Waals surface area contributed by atoms with E-state index in [0.29, 0.717) is 31.7 Å². The summed E-state index contributed by atoms with van der Waals surface area (Å²) in [5.41, 5.74) is 5.90. The molecule has 0 atom stereocenters. The van der Waals surface area contributed by atoms with Gasteiger partial charge in [-0.25, -0.2) is 8.42 Å². The van der Waals surface area contributed by atoms with Crippen molar-refractivity contribution >= 4 is 15.7 Å². The van der Waals surface area contributed by atoms with Crippen molar-refractivity contribution in [3.8, 4) is 6.07 Å². The third-order valence-electron chi connectivity index (χ3n) is 4.60. The van der Waals surface area contributed by atoms with Crippen LogP contribution >= 0.6 is 0 Å². The Balaban J connectivity index is 1.53. The minimum atomic E-state index is -3.58. The Kier molecular flexibility index (Phi) is 7.43. The lowest BCUT2D eigenvalue weighted by molar-refractivity contribution is 0.0453. The zero-order valence-electron chi connectivity index (χ0n) is 16.4. The molecule has 30 heavy (non-hydrogen) atoms. The number of hydrogen-bond donors (Lipinski definition) is 3. The zero-order valence-corrected chi connectivity index (χ0v) is 17.2. The van der Waals surface area contributed by atoms with E-state index in [9.17, 15) is 8.42 Å². The van der Waals surface area contributed by atoms with Gasteiger partial charge in [-0.1, -0.05) is 12.1 Å². The largest absolute Gasteiger partial charge is 0.395 e. The molecule has 8 nitrogen and oxygen atoms in total. The van der Waals surface area contributed by atoms with Crippen molar-refractivity contribution in [1.29, 1.82) is 5.26 Å². The van der Waals surface area contributed by atoms with Gasteiger partial charge in [0.15, 0.2) is 0 Å². The van der Waals surface area contributed by atoms with E-state index in [0.717, 1.165) is 16.9 Å². The summed E-state index contributed by atoms with van der Waals surface area (Å²) < 4.78 is 27.1. The van der Waals surface area contributed by atoms with Crippen molar-refractivity contribution < 1.29 is 18.4 Å². The highest BCUT2D eigenvalue weighted by Crippen LogP contribution is 2.21. The number of hydroxylamine groups is 1. The predicted molar refractivity (Wildman–Crippen MR) is 113 cm³/mol. The average Bonchev–Trinajstić information content (AvgIpc) is 2.78. The number of rotatable bonds is 9. The molecule has 0 saturated heterocycles. The van der Waals surface area contributed by atoms with Gasteiger partial charge in [0.2, 0.25) is 10.0 Å². The molecule has 0 saturated carbocycles. The van der Waals surface area contributed by atoms with Crippen LogP contribution in [0.15, 0.2) is 65.2 Å². The van der Waals surface area contributed by atoms with Gasteiger partial charge < -0.3 is 10.4 Å². The van der Waals surface area contributed by atoms with Crippen LogP contribution in [0.5, 0.6) is 0 Å². The van der Waals surface area contributed by atoms with E-state index >= 15 is 0 Å². The summed E-state index contributed by atoms with van der Waals surface area (Å²) in [5, 5.41) is 20.8. The monoisotopic (exact) mass is 428 g/mol. The first-order chi connectivity index (χ1) is 14.5. The van der Waals surface area contributed by atoms with E-state index in [1.165, 1.54) is 4.31 Å². The summed E-state index contributed by atoms with van der Waals surface area (Å²) in [6.45, 7) is 1.31. The molecule has 0 unspecified atom stereocenters. The maximum Gasteiger partial charge on any atom is 0.243 e. The van der Waals surface area contributed by atoms with Gasteiger partial charge in [0.05, 0.1) is 29.7 Å². The molecule has 2 aromatic carbocycles. The second-order valence-corrected chi connectivity index (χ2v) is 8.66. The quantitative estimate of drug-likeness (QED) is 0.523. The highest BCUT2D eigenvalue weighted by Gasteiger charge is 2.26. The molecule has 3 rings (SSSR count). The van der Waals surface area contributed by atoms with Gasteiger partial charge in [-0.2, -0.15) is 9.57 Å². The third-order valence-corrected chi connectivity index (χ3v) is 6.48. The van der Waals surface area contributed by atoms with E-state index in [1.807, 2.05) is 6.07 Å². The minimum Gasteiger partial charge on any atom is -0.395 e. The highest BCUT2D eigenvalue weighted by atomic mass is 32.2. The van der Waals surface area contributed by atoms with Crippen molar-refractivity contribution in [1.82, 2.24) is 9.79 Å². The van der Waals surface area contributed by atoms with Gasteiger partial charge in [-0.15, -0.1) is 0 Å². The van der Waals surface area contributed by atoms with E-state index in [4.69, 9.17) is 15.2 Å². The molecular weight excluding hydrogens is 404 g/mol. The molecule has 0 spiro atoms. The summed E-state index contributed by atoms with van der Waals surface area (Å²) in [4.78, 5) is 5.72. The number of nitriles is 1. The van der Waals surface area contributed by atoms with Crippen LogP contribution in [0.4, 0.5) is 5.69 Å². The number of nitrogens with zero attached hydrogens (tertiary/aromatic N) is 2. The third kappa shape index (κ3) is 5.58. The summed E-state index contributed by atoms with van der Waals surface area (Å²) in [5.74, 6) is 0. The molecule has 0 amide bonds. The lowest BCUT2D eigenvalue weighted by Crippen LogP contribution is -2.36. The molecule has 0 radical (unpaired) electrons. The van der Waals surface area contributed by atoms with Crippen molar-refractivity contribution in [3.63, 3.8) is 0 Å². The SMILES string of the molecule is N#Cc1cccc(CONC2=CCN(S(=O)(=O)c3ccc(NCCO)cc3)CC2)c1. The van der Waals surface area contributed by atoms with Gasteiger partial charge in [-0.05, 0) is 48.0 Å². The first-order valence-corrected chi connectivity index (χ1v) is 11.0.